The summed E-state index contributed by atoms with van der Waals surface area (Å²) in [7, 11) is -3.40. The lowest BCUT2D eigenvalue weighted by Gasteiger charge is -2.34. The largest absolute Gasteiger partial charge is 0.352 e. The van der Waals surface area contributed by atoms with Crippen molar-refractivity contribution in [1.29, 1.82) is 0 Å². The van der Waals surface area contributed by atoms with Crippen molar-refractivity contribution < 1.29 is 13.2 Å². The highest BCUT2D eigenvalue weighted by molar-refractivity contribution is 7.91. The highest BCUT2D eigenvalue weighted by Crippen LogP contribution is 2.21. The van der Waals surface area contributed by atoms with Crippen LogP contribution in [0.2, 0.25) is 0 Å². The van der Waals surface area contributed by atoms with Gasteiger partial charge in [-0.2, -0.15) is 0 Å². The maximum Gasteiger partial charge on any atom is 0.252 e. The number of nitrogens with zero attached hydrogens (tertiary/aromatic N) is 1. The van der Waals surface area contributed by atoms with Crippen LogP contribution in [0.5, 0.6) is 0 Å². The first kappa shape index (κ1) is 20.9. The van der Waals surface area contributed by atoms with E-state index in [0.717, 1.165) is 31.2 Å². The average Bonchev–Trinajstić information content (AvgIpc) is 2.60. The molecule has 2 atom stereocenters. The first-order valence-electron chi connectivity index (χ1n) is 9.65. The minimum atomic E-state index is -3.40. The topological polar surface area (TPSA) is 66.5 Å². The van der Waals surface area contributed by atoms with Crippen LogP contribution in [0, 0.1) is 11.8 Å². The number of hydrogen-bond donors (Lipinski definition) is 1. The van der Waals surface area contributed by atoms with Gasteiger partial charge in [-0.3, -0.25) is 4.79 Å². The molecular weight excluding hydrogens is 348 g/mol. The molecule has 0 spiro atoms. The van der Waals surface area contributed by atoms with Crippen molar-refractivity contribution in [3.63, 3.8) is 0 Å². The van der Waals surface area contributed by atoms with E-state index in [1.54, 1.807) is 25.1 Å². The molecule has 0 radical (unpaired) electrons. The molecule has 1 saturated heterocycles. The van der Waals surface area contributed by atoms with Gasteiger partial charge in [0.15, 0.2) is 9.84 Å². The number of nitrogens with one attached hydrogen (secondary N) is 1. The molecule has 2 rings (SSSR count). The zero-order valence-corrected chi connectivity index (χ0v) is 17.0. The Morgan fingerprint density at radius 3 is 2.46 bits per heavy atom. The van der Waals surface area contributed by atoms with Gasteiger partial charge in [0.2, 0.25) is 0 Å². The molecule has 1 aliphatic rings. The van der Waals surface area contributed by atoms with Gasteiger partial charge in [-0.25, -0.2) is 8.42 Å². The molecule has 0 saturated carbocycles. The maximum atomic E-state index is 12.4. The van der Waals surface area contributed by atoms with Crippen molar-refractivity contribution in [3.05, 3.63) is 29.8 Å². The Labute approximate surface area is 158 Å². The first-order valence-corrected chi connectivity index (χ1v) is 11.3. The van der Waals surface area contributed by atoms with Crippen molar-refractivity contribution in [2.24, 2.45) is 11.8 Å². The molecule has 26 heavy (non-hydrogen) atoms. The van der Waals surface area contributed by atoms with Crippen LogP contribution in [-0.4, -0.2) is 51.2 Å². The van der Waals surface area contributed by atoms with Crippen LogP contribution in [-0.2, 0) is 9.84 Å². The number of likely N-dealkylation sites (tertiary alicyclic amines) is 1. The number of hydrogen-bond acceptors (Lipinski definition) is 4. The number of carbonyl (C=O) groups is 1. The lowest BCUT2D eigenvalue weighted by Crippen LogP contribution is -2.39. The number of rotatable bonds is 8. The second-order valence-corrected chi connectivity index (χ2v) is 9.81. The average molecular weight is 381 g/mol. The molecule has 1 N–H and O–H groups in total. The van der Waals surface area contributed by atoms with E-state index < -0.39 is 9.84 Å². The minimum Gasteiger partial charge on any atom is -0.352 e. The summed E-state index contributed by atoms with van der Waals surface area (Å²) in [5.74, 6) is 1.20. The van der Waals surface area contributed by atoms with Crippen LogP contribution in [0.25, 0.3) is 0 Å². The number of piperidine rings is 1. The molecule has 5 nitrogen and oxygen atoms in total. The number of benzene rings is 1. The Bertz CT molecular complexity index is 693. The number of sulfone groups is 1. The molecule has 1 heterocycles. The number of amides is 1. The summed E-state index contributed by atoms with van der Waals surface area (Å²) in [4.78, 5) is 15.0. The van der Waals surface area contributed by atoms with E-state index in [-0.39, 0.29) is 22.1 Å². The van der Waals surface area contributed by atoms with Crippen molar-refractivity contribution in [2.75, 3.05) is 31.9 Å². The summed E-state index contributed by atoms with van der Waals surface area (Å²) < 4.78 is 24.3. The van der Waals surface area contributed by atoms with E-state index in [4.69, 9.17) is 0 Å². The van der Waals surface area contributed by atoms with Crippen molar-refractivity contribution in [3.8, 4) is 0 Å². The fourth-order valence-corrected chi connectivity index (χ4v) is 4.91. The zero-order valence-electron chi connectivity index (χ0n) is 16.2. The monoisotopic (exact) mass is 380 g/mol. The predicted molar refractivity (Wildman–Crippen MR) is 105 cm³/mol. The summed E-state index contributed by atoms with van der Waals surface area (Å²) in [6, 6.07) is 6.43. The molecule has 1 aliphatic heterocycles. The van der Waals surface area contributed by atoms with Gasteiger partial charge in [0.25, 0.3) is 5.91 Å². The summed E-state index contributed by atoms with van der Waals surface area (Å²) in [5, 5.41) is 2.87. The van der Waals surface area contributed by atoms with Crippen LogP contribution < -0.4 is 5.32 Å². The molecule has 1 aromatic rings. The normalized spacial score (nSPS) is 21.5. The predicted octanol–water partition coefficient (Wildman–Crippen LogP) is 2.97. The fraction of sp³-hybridized carbons (Fsp3) is 0.650. The van der Waals surface area contributed by atoms with Crippen molar-refractivity contribution in [1.82, 2.24) is 10.2 Å². The summed E-state index contributed by atoms with van der Waals surface area (Å²) in [6.07, 6.45) is 3.24. The van der Waals surface area contributed by atoms with Crippen LogP contribution in [0.15, 0.2) is 29.2 Å². The highest BCUT2D eigenvalue weighted by atomic mass is 32.2. The first-order chi connectivity index (χ1) is 12.3. The third-order valence-corrected chi connectivity index (χ3v) is 6.76. The molecule has 1 fully saturated rings. The standard InChI is InChI=1S/C20H32N2O3S/c1-4-26(24,25)19-10-6-5-9-18(19)20(23)21-11-7-8-12-22-14-16(2)13-17(3)15-22/h5-6,9-10,16-17H,4,7-8,11-15H2,1-3H3,(H,21,23)/t16-,17+. The Balaban J connectivity index is 1.79. The van der Waals surface area contributed by atoms with Gasteiger partial charge < -0.3 is 10.2 Å². The van der Waals surface area contributed by atoms with Crippen LogP contribution in [0.3, 0.4) is 0 Å². The van der Waals surface area contributed by atoms with E-state index in [9.17, 15) is 13.2 Å². The highest BCUT2D eigenvalue weighted by Gasteiger charge is 2.22. The third kappa shape index (κ3) is 5.81. The Morgan fingerprint density at radius 2 is 1.81 bits per heavy atom. The van der Waals surface area contributed by atoms with Crippen LogP contribution >= 0.6 is 0 Å². The molecular formula is C20H32N2O3S. The molecule has 1 aromatic carbocycles. The zero-order chi connectivity index (χ0) is 19.2. The number of unbranched alkanes of at least 4 members (excludes halogenated alkanes) is 1. The molecule has 0 aromatic heterocycles. The maximum absolute atomic E-state index is 12.4. The second-order valence-electron chi connectivity index (χ2n) is 7.57. The van der Waals surface area contributed by atoms with E-state index >= 15 is 0 Å². The van der Waals surface area contributed by atoms with Gasteiger partial charge in [-0.15, -0.1) is 0 Å². The Kier molecular flexibility index (Phi) is 7.65. The molecule has 6 heteroatoms. The quantitative estimate of drug-likeness (QED) is 0.704. The molecule has 0 unspecified atom stereocenters. The molecule has 1 amide bonds. The van der Waals surface area contributed by atoms with Crippen LogP contribution in [0.1, 0.15) is 50.4 Å². The second kappa shape index (κ2) is 9.51. The van der Waals surface area contributed by atoms with Crippen molar-refractivity contribution in [2.45, 2.75) is 44.9 Å². The van der Waals surface area contributed by atoms with E-state index in [1.165, 1.54) is 25.6 Å². The summed E-state index contributed by atoms with van der Waals surface area (Å²) >= 11 is 0. The molecule has 146 valence electrons. The lowest BCUT2D eigenvalue weighted by molar-refractivity contribution is 0.0948. The van der Waals surface area contributed by atoms with Gasteiger partial charge in [0.05, 0.1) is 16.2 Å². The smallest absolute Gasteiger partial charge is 0.252 e. The van der Waals surface area contributed by atoms with Gasteiger partial charge in [-0.1, -0.05) is 32.9 Å². The Hall–Kier alpha value is -1.40. The minimum absolute atomic E-state index is 0.00995. The lowest BCUT2D eigenvalue weighted by atomic mass is 9.92. The third-order valence-electron chi connectivity index (χ3n) is 4.98. The Morgan fingerprint density at radius 1 is 1.15 bits per heavy atom. The van der Waals surface area contributed by atoms with E-state index in [2.05, 4.69) is 24.1 Å². The van der Waals surface area contributed by atoms with Gasteiger partial charge in [0.1, 0.15) is 0 Å². The fourth-order valence-electron chi connectivity index (χ4n) is 3.81. The van der Waals surface area contributed by atoms with Gasteiger partial charge in [0, 0.05) is 19.6 Å². The van der Waals surface area contributed by atoms with Gasteiger partial charge in [-0.05, 0) is 49.8 Å². The van der Waals surface area contributed by atoms with Gasteiger partial charge >= 0.3 is 0 Å². The molecule has 0 aliphatic carbocycles. The van der Waals surface area contributed by atoms with E-state index in [0.29, 0.717) is 6.54 Å². The van der Waals surface area contributed by atoms with E-state index in [1.807, 2.05) is 0 Å². The summed E-state index contributed by atoms with van der Waals surface area (Å²) in [5.41, 5.74) is 0.244. The van der Waals surface area contributed by atoms with Crippen LogP contribution in [0.4, 0.5) is 0 Å². The number of carbonyl (C=O) groups excluding carboxylic acids is 1. The molecule has 0 bridgehead atoms. The SMILES string of the molecule is CCS(=O)(=O)c1ccccc1C(=O)NCCCCN1C[C@H](C)C[C@H](C)C1. The summed E-state index contributed by atoms with van der Waals surface area (Å²) in [6.45, 7) is 10.2. The van der Waals surface area contributed by atoms with Crippen molar-refractivity contribution >= 4 is 15.7 Å².